The second-order valence-corrected chi connectivity index (χ2v) is 7.25. The lowest BCUT2D eigenvalue weighted by atomic mass is 9.37. The molecule has 0 radical (unpaired) electrons. The molecule has 5 rings (SSSR count). The van der Waals surface area contributed by atoms with Crippen LogP contribution < -0.4 is 0 Å². The minimum Gasteiger partial charge on any atom is -0.469 e. The van der Waals surface area contributed by atoms with Crippen LogP contribution in [0.15, 0.2) is 48.5 Å². The van der Waals surface area contributed by atoms with Crippen LogP contribution in [0.5, 0.6) is 0 Å². The molecule has 26 heavy (non-hydrogen) atoms. The second-order valence-electron chi connectivity index (χ2n) is 7.25. The number of benzene rings is 2. The van der Waals surface area contributed by atoms with Crippen molar-refractivity contribution in [3.63, 3.8) is 0 Å². The van der Waals surface area contributed by atoms with Crippen molar-refractivity contribution in [1.82, 2.24) is 0 Å². The number of esters is 2. The van der Waals surface area contributed by atoms with Crippen molar-refractivity contribution in [3.05, 3.63) is 70.8 Å². The van der Waals surface area contributed by atoms with E-state index in [1.54, 1.807) is 0 Å². The van der Waals surface area contributed by atoms with Crippen LogP contribution in [-0.4, -0.2) is 31.3 Å². The fourth-order valence-electron chi connectivity index (χ4n) is 5.92. The summed E-state index contributed by atoms with van der Waals surface area (Å²) in [6.07, 6.45) is 0. The van der Waals surface area contributed by atoms with Crippen LogP contribution >= 0.6 is 0 Å². The van der Waals surface area contributed by atoms with Crippen LogP contribution in [0.1, 0.15) is 34.1 Å². The van der Waals surface area contributed by atoms with Crippen LogP contribution in [0.4, 0.5) is 0 Å². The van der Waals surface area contributed by atoms with Gasteiger partial charge in [0.1, 0.15) is 11.0 Å². The van der Waals surface area contributed by atoms with Gasteiger partial charge in [-0.15, -0.1) is 0 Å². The number of carbonyl (C=O) groups excluding carboxylic acids is 2. The van der Waals surface area contributed by atoms with Crippen molar-refractivity contribution in [2.45, 2.75) is 17.4 Å². The predicted molar refractivity (Wildman–Crippen MR) is 91.3 cm³/mol. The van der Waals surface area contributed by atoms with E-state index < -0.39 is 28.9 Å². The summed E-state index contributed by atoms with van der Waals surface area (Å²) < 4.78 is 10.2. The van der Waals surface area contributed by atoms with Gasteiger partial charge in [0.25, 0.3) is 0 Å². The van der Waals surface area contributed by atoms with E-state index in [4.69, 9.17) is 9.47 Å². The Labute approximate surface area is 150 Å². The molecule has 1 N–H and O–H groups in total. The first-order valence-corrected chi connectivity index (χ1v) is 8.62. The van der Waals surface area contributed by atoms with E-state index >= 15 is 0 Å². The summed E-state index contributed by atoms with van der Waals surface area (Å²) in [7, 11) is 2.61. The largest absolute Gasteiger partial charge is 0.469 e. The molecule has 0 unspecified atom stereocenters. The first-order chi connectivity index (χ1) is 12.5. The highest BCUT2D eigenvalue weighted by Crippen LogP contribution is 2.81. The van der Waals surface area contributed by atoms with Gasteiger partial charge in [0, 0.05) is 11.8 Å². The van der Waals surface area contributed by atoms with E-state index in [1.165, 1.54) is 14.2 Å². The summed E-state index contributed by atoms with van der Waals surface area (Å²) in [5.74, 6) is -2.37. The molecule has 1 saturated carbocycles. The normalized spacial score (nSPS) is 35.0. The Morgan fingerprint density at radius 2 is 1.50 bits per heavy atom. The maximum Gasteiger partial charge on any atom is 0.317 e. The van der Waals surface area contributed by atoms with E-state index in [-0.39, 0.29) is 11.8 Å². The fraction of sp³-hybridized carbons (Fsp3) is 0.333. The zero-order chi connectivity index (χ0) is 18.3. The van der Waals surface area contributed by atoms with Crippen molar-refractivity contribution < 1.29 is 24.2 Å². The zero-order valence-electron chi connectivity index (χ0n) is 14.4. The van der Waals surface area contributed by atoms with Crippen LogP contribution in [-0.2, 0) is 24.7 Å². The molecule has 0 spiro atoms. The fourth-order valence-corrected chi connectivity index (χ4v) is 5.92. The smallest absolute Gasteiger partial charge is 0.317 e. The summed E-state index contributed by atoms with van der Waals surface area (Å²) >= 11 is 0. The lowest BCUT2D eigenvalue weighted by molar-refractivity contribution is -0.219. The van der Waals surface area contributed by atoms with Crippen LogP contribution in [0.2, 0.25) is 0 Å². The Morgan fingerprint density at radius 3 is 2.12 bits per heavy atom. The molecule has 3 aliphatic carbocycles. The Hall–Kier alpha value is -2.66. The third kappa shape index (κ3) is 1.30. The maximum absolute atomic E-state index is 13.1. The Bertz CT molecular complexity index is 966. The van der Waals surface area contributed by atoms with E-state index in [0.717, 1.165) is 11.1 Å². The monoisotopic (exact) mass is 350 g/mol. The van der Waals surface area contributed by atoms with Gasteiger partial charge in [-0.05, 0) is 22.3 Å². The minimum atomic E-state index is -1.62. The third-order valence-corrected chi connectivity index (χ3v) is 6.67. The summed E-state index contributed by atoms with van der Waals surface area (Å²) in [5, 5.41) is 12.1. The Balaban J connectivity index is 1.92. The quantitative estimate of drug-likeness (QED) is 0.840. The molecule has 0 aromatic heterocycles. The first-order valence-electron chi connectivity index (χ1n) is 8.62. The number of fused-ring (bicyclic) bond motifs is 5. The van der Waals surface area contributed by atoms with Gasteiger partial charge < -0.3 is 14.6 Å². The average Bonchev–Trinajstić information content (AvgIpc) is 2.80. The van der Waals surface area contributed by atoms with Gasteiger partial charge in [-0.3, -0.25) is 9.59 Å². The molecule has 5 atom stereocenters. The van der Waals surface area contributed by atoms with Gasteiger partial charge >= 0.3 is 11.9 Å². The summed E-state index contributed by atoms with van der Waals surface area (Å²) in [4.78, 5) is 25.8. The molecule has 0 amide bonds. The molecular formula is C21H18O5. The minimum absolute atomic E-state index is 0.221. The Kier molecular flexibility index (Phi) is 2.84. The summed E-state index contributed by atoms with van der Waals surface area (Å²) in [6.45, 7) is 0. The van der Waals surface area contributed by atoms with E-state index in [0.29, 0.717) is 11.1 Å². The van der Waals surface area contributed by atoms with E-state index in [2.05, 4.69) is 0 Å². The molecule has 3 aliphatic rings. The van der Waals surface area contributed by atoms with Gasteiger partial charge in [0.2, 0.25) is 0 Å². The second kappa shape index (κ2) is 4.74. The number of aliphatic hydroxyl groups is 1. The van der Waals surface area contributed by atoms with Crippen LogP contribution in [0.3, 0.4) is 0 Å². The predicted octanol–water partition coefficient (Wildman–Crippen LogP) is 2.08. The van der Waals surface area contributed by atoms with Crippen molar-refractivity contribution in [2.75, 3.05) is 14.2 Å². The molecule has 0 saturated heterocycles. The van der Waals surface area contributed by atoms with Crippen molar-refractivity contribution >= 4 is 11.9 Å². The average molecular weight is 350 g/mol. The molecule has 132 valence electrons. The highest BCUT2D eigenvalue weighted by molar-refractivity contribution is 5.96. The topological polar surface area (TPSA) is 72.8 Å². The lowest BCUT2D eigenvalue weighted by Gasteiger charge is -2.63. The number of methoxy groups -OCH3 is 2. The van der Waals surface area contributed by atoms with Crippen LogP contribution in [0, 0.1) is 11.3 Å². The Morgan fingerprint density at radius 1 is 0.923 bits per heavy atom. The molecule has 5 nitrogen and oxygen atoms in total. The zero-order valence-corrected chi connectivity index (χ0v) is 14.4. The molecule has 4 bridgehead atoms. The number of ether oxygens (including phenoxy) is 2. The SMILES string of the molecule is COC(=O)[C@@H]1[C@H]2c3ccccc3[C@@]3(O)c4ccccc4[C@H]2[C@@]13C(=O)OC. The molecular weight excluding hydrogens is 332 g/mol. The third-order valence-electron chi connectivity index (χ3n) is 6.67. The van der Waals surface area contributed by atoms with E-state index in [9.17, 15) is 14.7 Å². The van der Waals surface area contributed by atoms with Gasteiger partial charge in [-0.2, -0.15) is 0 Å². The molecule has 2 aromatic rings. The molecule has 2 aromatic carbocycles. The van der Waals surface area contributed by atoms with E-state index in [1.807, 2.05) is 48.5 Å². The number of hydrogen-bond donors (Lipinski definition) is 1. The molecule has 1 fully saturated rings. The van der Waals surface area contributed by atoms with Crippen molar-refractivity contribution in [1.29, 1.82) is 0 Å². The van der Waals surface area contributed by atoms with Crippen molar-refractivity contribution in [2.24, 2.45) is 11.3 Å². The summed E-state index contributed by atoms with van der Waals surface area (Å²) in [5.41, 5.74) is 0.149. The van der Waals surface area contributed by atoms with Gasteiger partial charge in [-0.1, -0.05) is 48.5 Å². The van der Waals surface area contributed by atoms with Crippen LogP contribution in [0.25, 0.3) is 0 Å². The number of rotatable bonds is 2. The molecule has 0 aliphatic heterocycles. The molecule has 0 heterocycles. The highest BCUT2D eigenvalue weighted by atomic mass is 16.5. The first kappa shape index (κ1) is 15.6. The van der Waals surface area contributed by atoms with Gasteiger partial charge in [-0.25, -0.2) is 0 Å². The number of hydrogen-bond acceptors (Lipinski definition) is 5. The maximum atomic E-state index is 13.1. The molecule has 5 heteroatoms. The van der Waals surface area contributed by atoms with Gasteiger partial charge in [0.05, 0.1) is 20.1 Å². The standard InChI is InChI=1S/C21H18O5/c1-25-18(22)17-15-11-7-3-5-9-13(11)21(24)14-10-6-4-8-12(14)16(15)20(17,21)19(23)26-2/h3-10,15-17,24H,1-2H3/t15-,16+,17-,20-,21+/m0/s1. The van der Waals surface area contributed by atoms with Crippen molar-refractivity contribution in [3.8, 4) is 0 Å². The van der Waals surface area contributed by atoms with Gasteiger partial charge in [0.15, 0.2) is 0 Å². The highest BCUT2D eigenvalue weighted by Gasteiger charge is 2.85. The lowest BCUT2D eigenvalue weighted by Crippen LogP contribution is -2.70. The summed E-state index contributed by atoms with van der Waals surface area (Å²) in [6, 6.07) is 15.0. The number of carbonyl (C=O) groups is 2.